The fourth-order valence-corrected chi connectivity index (χ4v) is 4.21. The van der Waals surface area contributed by atoms with Crippen molar-refractivity contribution in [2.24, 2.45) is 11.8 Å². The molecule has 0 saturated heterocycles. The minimum absolute atomic E-state index is 0.138. The molecule has 0 aromatic carbocycles. The van der Waals surface area contributed by atoms with Crippen LogP contribution in [0, 0.1) is 11.8 Å². The lowest BCUT2D eigenvalue weighted by Gasteiger charge is -2.34. The molecule has 1 rings (SSSR count). The zero-order valence-electron chi connectivity index (χ0n) is 14.8. The van der Waals surface area contributed by atoms with Crippen LogP contribution in [0.1, 0.15) is 73.6 Å². The van der Waals surface area contributed by atoms with Gasteiger partial charge in [-0.25, -0.2) is 8.42 Å². The molecule has 1 aliphatic carbocycles. The summed E-state index contributed by atoms with van der Waals surface area (Å²) in [6.07, 6.45) is 5.81. The first-order chi connectivity index (χ1) is 9.42. The van der Waals surface area contributed by atoms with Gasteiger partial charge < -0.3 is 5.32 Å². The molecule has 21 heavy (non-hydrogen) atoms. The summed E-state index contributed by atoms with van der Waals surface area (Å²) in [5.41, 5.74) is 0.138. The molecule has 1 saturated carbocycles. The van der Waals surface area contributed by atoms with Crippen molar-refractivity contribution in [1.29, 1.82) is 0 Å². The first kappa shape index (κ1) is 19.0. The zero-order valence-corrected chi connectivity index (χ0v) is 15.6. The molecule has 0 radical (unpaired) electrons. The highest BCUT2D eigenvalue weighted by atomic mass is 32.2. The van der Waals surface area contributed by atoms with E-state index in [1.807, 2.05) is 20.8 Å². The molecule has 2 unspecified atom stereocenters. The van der Waals surface area contributed by atoms with Gasteiger partial charge in [0, 0.05) is 5.54 Å². The van der Waals surface area contributed by atoms with Gasteiger partial charge in [-0.05, 0) is 72.8 Å². The quantitative estimate of drug-likeness (QED) is 0.839. The lowest BCUT2D eigenvalue weighted by Crippen LogP contribution is -2.42. The highest BCUT2D eigenvalue weighted by Crippen LogP contribution is 2.33. The van der Waals surface area contributed by atoms with Crippen molar-refractivity contribution in [1.82, 2.24) is 5.32 Å². The molecule has 0 aromatic heterocycles. The van der Waals surface area contributed by atoms with Crippen LogP contribution in [0.3, 0.4) is 0 Å². The van der Waals surface area contributed by atoms with Crippen LogP contribution in [0.5, 0.6) is 0 Å². The molecule has 4 heteroatoms. The molecule has 0 aromatic rings. The third kappa shape index (κ3) is 6.27. The fraction of sp³-hybridized carbons (Fsp3) is 1.00. The van der Waals surface area contributed by atoms with Crippen LogP contribution in [-0.2, 0) is 9.84 Å². The Hall–Kier alpha value is -0.0900. The molecule has 0 bridgehead atoms. The molecular weight excluding hydrogens is 282 g/mol. The van der Waals surface area contributed by atoms with Gasteiger partial charge in [-0.15, -0.1) is 0 Å². The zero-order chi connectivity index (χ0) is 16.3. The lowest BCUT2D eigenvalue weighted by molar-refractivity contribution is 0.209. The largest absolute Gasteiger partial charge is 0.312 e. The summed E-state index contributed by atoms with van der Waals surface area (Å²) < 4.78 is 24.0. The molecule has 0 amide bonds. The summed E-state index contributed by atoms with van der Waals surface area (Å²) >= 11 is 0. The van der Waals surface area contributed by atoms with E-state index in [-0.39, 0.29) is 5.54 Å². The number of hydrogen-bond acceptors (Lipinski definition) is 3. The average Bonchev–Trinajstić information content (AvgIpc) is 2.32. The van der Waals surface area contributed by atoms with E-state index in [9.17, 15) is 8.42 Å². The second-order valence-corrected chi connectivity index (χ2v) is 11.5. The predicted molar refractivity (Wildman–Crippen MR) is 91.4 cm³/mol. The normalized spacial score (nSPS) is 25.0. The van der Waals surface area contributed by atoms with E-state index in [1.165, 1.54) is 25.7 Å². The Balaban J connectivity index is 2.58. The van der Waals surface area contributed by atoms with Gasteiger partial charge in [0.15, 0.2) is 9.84 Å². The SMILES string of the molecule is CC(C)(C)NCC1CCCCC1CCS(=O)(=O)C(C)(C)C. The molecule has 0 aliphatic heterocycles. The molecule has 1 fully saturated rings. The topological polar surface area (TPSA) is 46.2 Å². The van der Waals surface area contributed by atoms with Crippen LogP contribution >= 0.6 is 0 Å². The van der Waals surface area contributed by atoms with E-state index in [1.54, 1.807) is 0 Å². The highest BCUT2D eigenvalue weighted by molar-refractivity contribution is 7.92. The van der Waals surface area contributed by atoms with Crippen molar-refractivity contribution in [2.75, 3.05) is 12.3 Å². The van der Waals surface area contributed by atoms with E-state index in [2.05, 4.69) is 26.1 Å². The van der Waals surface area contributed by atoms with Gasteiger partial charge >= 0.3 is 0 Å². The van der Waals surface area contributed by atoms with E-state index in [4.69, 9.17) is 0 Å². The van der Waals surface area contributed by atoms with Crippen LogP contribution < -0.4 is 5.32 Å². The summed E-state index contributed by atoms with van der Waals surface area (Å²) in [6.45, 7) is 13.0. The van der Waals surface area contributed by atoms with Gasteiger partial charge in [0.2, 0.25) is 0 Å². The van der Waals surface area contributed by atoms with Gasteiger partial charge in [-0.2, -0.15) is 0 Å². The maximum absolute atomic E-state index is 12.3. The standard InChI is InChI=1S/C17H35NO2S/c1-16(2,3)18-13-15-10-8-7-9-14(15)11-12-21(19,20)17(4,5)6/h14-15,18H,7-13H2,1-6H3. The highest BCUT2D eigenvalue weighted by Gasteiger charge is 2.32. The Kier molecular flexibility index (Phi) is 6.31. The maximum Gasteiger partial charge on any atom is 0.155 e. The van der Waals surface area contributed by atoms with Crippen LogP contribution in [0.15, 0.2) is 0 Å². The Bertz CT molecular complexity index is 415. The van der Waals surface area contributed by atoms with E-state index in [0.717, 1.165) is 13.0 Å². The van der Waals surface area contributed by atoms with Gasteiger partial charge in [0.25, 0.3) is 0 Å². The van der Waals surface area contributed by atoms with E-state index >= 15 is 0 Å². The summed E-state index contributed by atoms with van der Waals surface area (Å²) in [6, 6.07) is 0. The molecule has 2 atom stereocenters. The van der Waals surface area contributed by atoms with Crippen molar-refractivity contribution in [3.8, 4) is 0 Å². The predicted octanol–water partition coefficient (Wildman–Crippen LogP) is 3.78. The summed E-state index contributed by atoms with van der Waals surface area (Å²) in [5.74, 6) is 1.53. The van der Waals surface area contributed by atoms with Gasteiger partial charge in [-0.3, -0.25) is 0 Å². The second-order valence-electron chi connectivity index (χ2n) is 8.66. The average molecular weight is 318 g/mol. The Morgan fingerprint density at radius 2 is 1.48 bits per heavy atom. The van der Waals surface area contributed by atoms with Crippen LogP contribution in [-0.4, -0.2) is 31.0 Å². The number of hydrogen-bond donors (Lipinski definition) is 1. The lowest BCUT2D eigenvalue weighted by atomic mass is 9.77. The van der Waals surface area contributed by atoms with Gasteiger partial charge in [0.05, 0.1) is 10.5 Å². The molecular formula is C17H35NO2S. The number of nitrogens with one attached hydrogen (secondary N) is 1. The van der Waals surface area contributed by atoms with E-state index < -0.39 is 14.6 Å². The molecule has 1 N–H and O–H groups in total. The van der Waals surface area contributed by atoms with Crippen molar-refractivity contribution in [3.63, 3.8) is 0 Å². The van der Waals surface area contributed by atoms with Crippen molar-refractivity contribution < 1.29 is 8.42 Å². The Morgan fingerprint density at radius 3 is 1.95 bits per heavy atom. The van der Waals surface area contributed by atoms with Crippen LogP contribution in [0.2, 0.25) is 0 Å². The summed E-state index contributed by atoms with van der Waals surface area (Å²) in [5, 5.41) is 3.60. The maximum atomic E-state index is 12.3. The second kappa shape index (κ2) is 6.99. The molecule has 1 aliphatic rings. The first-order valence-corrected chi connectivity index (χ1v) is 10.0. The fourth-order valence-electron chi connectivity index (χ4n) is 2.98. The van der Waals surface area contributed by atoms with Crippen LogP contribution in [0.4, 0.5) is 0 Å². The van der Waals surface area contributed by atoms with E-state index in [0.29, 0.717) is 17.6 Å². The van der Waals surface area contributed by atoms with Crippen molar-refractivity contribution in [3.05, 3.63) is 0 Å². The Morgan fingerprint density at radius 1 is 0.952 bits per heavy atom. The van der Waals surface area contributed by atoms with Crippen molar-refractivity contribution in [2.45, 2.75) is 83.9 Å². The molecule has 0 spiro atoms. The minimum atomic E-state index is -2.98. The van der Waals surface area contributed by atoms with Gasteiger partial charge in [-0.1, -0.05) is 19.3 Å². The molecule has 0 heterocycles. The molecule has 3 nitrogen and oxygen atoms in total. The summed E-state index contributed by atoms with van der Waals surface area (Å²) in [4.78, 5) is 0. The Labute approximate surface area is 132 Å². The summed E-state index contributed by atoms with van der Waals surface area (Å²) in [7, 11) is -2.98. The third-order valence-electron chi connectivity index (χ3n) is 4.65. The smallest absolute Gasteiger partial charge is 0.155 e. The van der Waals surface area contributed by atoms with Crippen molar-refractivity contribution >= 4 is 9.84 Å². The van der Waals surface area contributed by atoms with Gasteiger partial charge in [0.1, 0.15) is 0 Å². The number of rotatable bonds is 5. The minimum Gasteiger partial charge on any atom is -0.312 e. The number of sulfone groups is 1. The van der Waals surface area contributed by atoms with Crippen LogP contribution in [0.25, 0.3) is 0 Å². The monoisotopic (exact) mass is 317 g/mol. The third-order valence-corrected chi connectivity index (χ3v) is 7.29. The first-order valence-electron chi connectivity index (χ1n) is 8.40. The molecule has 126 valence electrons.